The molecule has 2 atom stereocenters. The first kappa shape index (κ1) is 21.3. The lowest BCUT2D eigenvalue weighted by molar-refractivity contribution is -0.165. The summed E-state index contributed by atoms with van der Waals surface area (Å²) in [5.74, 6) is -5.31. The van der Waals surface area contributed by atoms with Crippen molar-refractivity contribution in [2.75, 3.05) is 0 Å². The van der Waals surface area contributed by atoms with E-state index in [2.05, 4.69) is 0 Å². The van der Waals surface area contributed by atoms with Gasteiger partial charge in [0.15, 0.2) is 0 Å². The highest BCUT2D eigenvalue weighted by Crippen LogP contribution is 2.35. The van der Waals surface area contributed by atoms with E-state index in [0.717, 1.165) is 0 Å². The zero-order valence-corrected chi connectivity index (χ0v) is 14.8. The number of carboxylic acid groups (broad SMARTS) is 1. The number of carboxylic acids is 1. The van der Waals surface area contributed by atoms with Gasteiger partial charge in [-0.05, 0) is 44.9 Å². The molecule has 1 aromatic rings. The van der Waals surface area contributed by atoms with Crippen molar-refractivity contribution in [2.45, 2.75) is 51.3 Å². The monoisotopic (exact) mass is 380 g/mol. The lowest BCUT2D eigenvalue weighted by Crippen LogP contribution is -2.34. The average molecular weight is 381 g/mol. The summed E-state index contributed by atoms with van der Waals surface area (Å²) in [5, 5.41) is 9.76. The van der Waals surface area contributed by atoms with Crippen LogP contribution < -0.4 is 0 Å². The molecule has 0 aliphatic rings. The van der Waals surface area contributed by atoms with Crippen molar-refractivity contribution in [2.24, 2.45) is 5.92 Å². The van der Waals surface area contributed by atoms with Crippen LogP contribution in [0, 0.1) is 5.92 Å². The van der Waals surface area contributed by atoms with Gasteiger partial charge >= 0.3 is 18.1 Å². The smallest absolute Gasteiger partial charge is 0.389 e. The van der Waals surface area contributed by atoms with Crippen molar-refractivity contribution >= 4 is 23.5 Å². The summed E-state index contributed by atoms with van der Waals surface area (Å²) < 4.78 is 42.9. The highest BCUT2D eigenvalue weighted by Gasteiger charge is 2.40. The standard InChI is InChI=1S/C17H20ClF3O4/c1-16(2,3)25-15(24)13(10-4-6-11(18)7-5-10)12(14(22)23)8-9-17(19,20)21/h4-7,12-13H,8-9H2,1-3H3,(H,22,23)/t12-,13+/m1/s1. The predicted octanol–water partition coefficient (Wildman–Crippen LogP) is 4.81. The van der Waals surface area contributed by atoms with Crippen LogP contribution in [0.3, 0.4) is 0 Å². The highest BCUT2D eigenvalue weighted by atomic mass is 35.5. The Kier molecular flexibility index (Phi) is 6.88. The van der Waals surface area contributed by atoms with E-state index in [9.17, 15) is 27.9 Å². The minimum Gasteiger partial charge on any atom is -0.481 e. The molecule has 1 N–H and O–H groups in total. The SMILES string of the molecule is CC(C)(C)OC(=O)[C@@H](c1ccc(Cl)cc1)[C@@H](CCC(F)(F)F)C(=O)O. The summed E-state index contributed by atoms with van der Waals surface area (Å²) in [6.45, 7) is 4.78. The maximum absolute atomic E-state index is 12.5. The molecule has 1 rings (SSSR count). The molecule has 25 heavy (non-hydrogen) atoms. The van der Waals surface area contributed by atoms with Gasteiger partial charge in [0.2, 0.25) is 0 Å². The zero-order chi connectivity index (χ0) is 19.4. The molecular formula is C17H20ClF3O4. The Hall–Kier alpha value is -1.76. The molecule has 0 radical (unpaired) electrons. The number of alkyl halides is 3. The molecule has 0 spiro atoms. The Morgan fingerprint density at radius 3 is 2.08 bits per heavy atom. The van der Waals surface area contributed by atoms with E-state index in [4.69, 9.17) is 16.3 Å². The number of benzene rings is 1. The maximum atomic E-state index is 12.5. The summed E-state index contributed by atoms with van der Waals surface area (Å²) in [7, 11) is 0. The first-order valence-corrected chi connectivity index (χ1v) is 7.96. The van der Waals surface area contributed by atoms with Gasteiger partial charge in [-0.25, -0.2) is 0 Å². The molecule has 0 saturated heterocycles. The first-order valence-electron chi connectivity index (χ1n) is 7.58. The molecule has 0 aliphatic heterocycles. The van der Waals surface area contributed by atoms with Gasteiger partial charge < -0.3 is 9.84 Å². The van der Waals surface area contributed by atoms with Gasteiger partial charge in [0, 0.05) is 11.4 Å². The first-order chi connectivity index (χ1) is 11.3. The Morgan fingerprint density at radius 1 is 1.16 bits per heavy atom. The Morgan fingerprint density at radius 2 is 1.68 bits per heavy atom. The highest BCUT2D eigenvalue weighted by molar-refractivity contribution is 6.30. The van der Waals surface area contributed by atoms with Crippen LogP contribution in [0.5, 0.6) is 0 Å². The van der Waals surface area contributed by atoms with E-state index in [0.29, 0.717) is 5.02 Å². The second-order valence-electron chi connectivity index (χ2n) is 6.66. The van der Waals surface area contributed by atoms with Crippen molar-refractivity contribution in [1.82, 2.24) is 0 Å². The molecule has 140 valence electrons. The fourth-order valence-electron chi connectivity index (χ4n) is 2.32. The molecule has 0 aromatic heterocycles. The van der Waals surface area contributed by atoms with E-state index in [1.165, 1.54) is 24.3 Å². The van der Waals surface area contributed by atoms with Crippen molar-refractivity contribution in [3.63, 3.8) is 0 Å². The molecule has 4 nitrogen and oxygen atoms in total. The summed E-state index contributed by atoms with van der Waals surface area (Å²) >= 11 is 5.78. The number of aliphatic carboxylic acids is 1. The molecule has 0 unspecified atom stereocenters. The molecule has 0 amide bonds. The number of hydrogen-bond donors (Lipinski definition) is 1. The lowest BCUT2D eigenvalue weighted by atomic mass is 9.83. The largest absolute Gasteiger partial charge is 0.481 e. The summed E-state index contributed by atoms with van der Waals surface area (Å²) in [5.41, 5.74) is -0.664. The summed E-state index contributed by atoms with van der Waals surface area (Å²) in [4.78, 5) is 24.1. The second kappa shape index (κ2) is 8.08. The number of rotatable bonds is 6. The van der Waals surface area contributed by atoms with Crippen LogP contribution in [-0.4, -0.2) is 28.8 Å². The molecular weight excluding hydrogens is 361 g/mol. The minimum atomic E-state index is -4.52. The molecule has 0 saturated carbocycles. The molecule has 0 heterocycles. The molecule has 8 heteroatoms. The number of hydrogen-bond acceptors (Lipinski definition) is 3. The number of esters is 1. The Labute approximate surface area is 148 Å². The third kappa shape index (κ3) is 7.34. The quantitative estimate of drug-likeness (QED) is 0.719. The lowest BCUT2D eigenvalue weighted by Gasteiger charge is -2.28. The van der Waals surface area contributed by atoms with Gasteiger partial charge in [-0.15, -0.1) is 0 Å². The summed E-state index contributed by atoms with van der Waals surface area (Å²) in [6.07, 6.45) is -6.56. The van der Waals surface area contributed by atoms with Crippen LogP contribution in [-0.2, 0) is 14.3 Å². The third-order valence-corrected chi connectivity index (χ3v) is 3.60. The van der Waals surface area contributed by atoms with Crippen molar-refractivity contribution in [3.8, 4) is 0 Å². The normalized spacial score (nSPS) is 14.7. The Balaban J connectivity index is 3.23. The van der Waals surface area contributed by atoms with Crippen LogP contribution in [0.25, 0.3) is 0 Å². The van der Waals surface area contributed by atoms with Gasteiger partial charge in [-0.2, -0.15) is 13.2 Å². The van der Waals surface area contributed by atoms with Gasteiger partial charge in [0.25, 0.3) is 0 Å². The van der Waals surface area contributed by atoms with Crippen LogP contribution in [0.15, 0.2) is 24.3 Å². The van der Waals surface area contributed by atoms with E-state index >= 15 is 0 Å². The van der Waals surface area contributed by atoms with Crippen LogP contribution in [0.4, 0.5) is 13.2 Å². The van der Waals surface area contributed by atoms with Crippen LogP contribution >= 0.6 is 11.6 Å². The van der Waals surface area contributed by atoms with E-state index in [1.807, 2.05) is 0 Å². The fraction of sp³-hybridized carbons (Fsp3) is 0.529. The molecule has 0 aliphatic carbocycles. The number of halogens is 4. The maximum Gasteiger partial charge on any atom is 0.389 e. The number of ether oxygens (including phenoxy) is 1. The van der Waals surface area contributed by atoms with E-state index in [-0.39, 0.29) is 5.56 Å². The van der Waals surface area contributed by atoms with Crippen molar-refractivity contribution < 1.29 is 32.6 Å². The van der Waals surface area contributed by atoms with Gasteiger partial charge in [0.1, 0.15) is 5.60 Å². The number of carbonyl (C=O) groups is 2. The third-order valence-electron chi connectivity index (χ3n) is 3.35. The Bertz CT molecular complexity index is 606. The molecule has 1 aromatic carbocycles. The van der Waals surface area contributed by atoms with Gasteiger partial charge in [-0.3, -0.25) is 9.59 Å². The zero-order valence-electron chi connectivity index (χ0n) is 14.1. The predicted molar refractivity (Wildman–Crippen MR) is 86.5 cm³/mol. The van der Waals surface area contributed by atoms with Crippen molar-refractivity contribution in [1.29, 1.82) is 0 Å². The van der Waals surface area contributed by atoms with Gasteiger partial charge in [0.05, 0.1) is 11.8 Å². The van der Waals surface area contributed by atoms with E-state index in [1.54, 1.807) is 20.8 Å². The summed E-state index contributed by atoms with van der Waals surface area (Å²) in [6, 6.07) is 5.72. The topological polar surface area (TPSA) is 63.6 Å². The molecule has 0 bridgehead atoms. The number of carbonyl (C=O) groups excluding carboxylic acids is 1. The van der Waals surface area contributed by atoms with E-state index < -0.39 is 48.4 Å². The second-order valence-corrected chi connectivity index (χ2v) is 7.10. The average Bonchev–Trinajstić information content (AvgIpc) is 2.41. The minimum absolute atomic E-state index is 0.244. The molecule has 0 fully saturated rings. The van der Waals surface area contributed by atoms with Crippen molar-refractivity contribution in [3.05, 3.63) is 34.9 Å². The van der Waals surface area contributed by atoms with Crippen LogP contribution in [0.1, 0.15) is 45.1 Å². The van der Waals surface area contributed by atoms with Gasteiger partial charge in [-0.1, -0.05) is 23.7 Å². The fourth-order valence-corrected chi connectivity index (χ4v) is 2.45. The van der Waals surface area contributed by atoms with Crippen LogP contribution in [0.2, 0.25) is 5.02 Å².